The van der Waals surface area contributed by atoms with E-state index in [1.54, 1.807) is 4.90 Å². The number of ether oxygens (including phenoxy) is 1. The van der Waals surface area contributed by atoms with Gasteiger partial charge >= 0.3 is 0 Å². The fourth-order valence-corrected chi connectivity index (χ4v) is 3.83. The van der Waals surface area contributed by atoms with Gasteiger partial charge in [0.15, 0.2) is 0 Å². The van der Waals surface area contributed by atoms with Crippen LogP contribution in [0.1, 0.15) is 37.5 Å². The van der Waals surface area contributed by atoms with E-state index in [2.05, 4.69) is 26.0 Å². The van der Waals surface area contributed by atoms with Crippen LogP contribution >= 0.6 is 0 Å². The van der Waals surface area contributed by atoms with Crippen LogP contribution in [0.25, 0.3) is 0 Å². The smallest absolute Gasteiger partial charge is 0.227 e. The zero-order chi connectivity index (χ0) is 18.0. The summed E-state index contributed by atoms with van der Waals surface area (Å²) in [7, 11) is 1.82. The molecule has 25 heavy (non-hydrogen) atoms. The molecule has 0 spiro atoms. The molecule has 0 radical (unpaired) electrons. The van der Waals surface area contributed by atoms with Crippen LogP contribution in [0.4, 0.5) is 0 Å². The molecule has 3 rings (SSSR count). The Morgan fingerprint density at radius 1 is 1.36 bits per heavy atom. The molecule has 1 saturated heterocycles. The van der Waals surface area contributed by atoms with Crippen LogP contribution in [0.2, 0.25) is 0 Å². The number of benzene rings is 1. The molecule has 2 heterocycles. The third kappa shape index (κ3) is 4.03. The maximum Gasteiger partial charge on any atom is 0.227 e. The minimum absolute atomic E-state index is 0.0475. The summed E-state index contributed by atoms with van der Waals surface area (Å²) in [5, 5.41) is 0. The normalized spacial score (nSPS) is 23.0. The Morgan fingerprint density at radius 3 is 2.88 bits per heavy atom. The molecule has 1 aromatic carbocycles. The van der Waals surface area contributed by atoms with Gasteiger partial charge in [0.25, 0.3) is 0 Å². The van der Waals surface area contributed by atoms with Gasteiger partial charge in [-0.25, -0.2) is 0 Å². The summed E-state index contributed by atoms with van der Waals surface area (Å²) in [6.45, 7) is 6.67. The quantitative estimate of drug-likeness (QED) is 0.823. The maximum atomic E-state index is 12.8. The van der Waals surface area contributed by atoms with Crippen molar-refractivity contribution in [3.63, 3.8) is 0 Å². The second-order valence-corrected chi connectivity index (χ2v) is 7.62. The van der Waals surface area contributed by atoms with Crippen molar-refractivity contribution in [2.24, 2.45) is 11.8 Å². The topological polar surface area (TPSA) is 49.9 Å². The molecule has 2 amide bonds. The number of nitrogens with zero attached hydrogens (tertiary/aromatic N) is 2. The largest absolute Gasteiger partial charge is 0.371 e. The Balaban J connectivity index is 1.62. The van der Waals surface area contributed by atoms with E-state index in [1.165, 1.54) is 11.1 Å². The summed E-state index contributed by atoms with van der Waals surface area (Å²) in [5.74, 6) is 0.337. The predicted molar refractivity (Wildman–Crippen MR) is 96.0 cm³/mol. The second-order valence-electron chi connectivity index (χ2n) is 7.62. The van der Waals surface area contributed by atoms with Crippen LogP contribution in [0, 0.1) is 11.8 Å². The van der Waals surface area contributed by atoms with Gasteiger partial charge in [0.2, 0.25) is 11.8 Å². The van der Waals surface area contributed by atoms with Gasteiger partial charge in [0, 0.05) is 26.6 Å². The van der Waals surface area contributed by atoms with Crippen LogP contribution in [-0.4, -0.2) is 54.9 Å². The monoisotopic (exact) mass is 344 g/mol. The third-order valence-electron chi connectivity index (χ3n) is 5.06. The molecular formula is C20H28N2O3. The van der Waals surface area contributed by atoms with Crippen LogP contribution in [0.5, 0.6) is 0 Å². The summed E-state index contributed by atoms with van der Waals surface area (Å²) in [6, 6.07) is 8.28. The third-order valence-corrected chi connectivity index (χ3v) is 5.06. The van der Waals surface area contributed by atoms with Crippen molar-refractivity contribution in [3.05, 3.63) is 35.4 Å². The molecule has 0 N–H and O–H groups in total. The number of rotatable bonds is 5. The molecule has 5 nitrogen and oxygen atoms in total. The standard InChI is InChI=1S/C20H28N2O3/c1-14(2)11-22-12-16(10-19(22)23)20(24)21(3)13-18-17-7-5-4-6-15(17)8-9-25-18/h4-7,14,16,18H,8-13H2,1-3H3/t16-,18-/m0/s1. The maximum absolute atomic E-state index is 12.8. The molecule has 0 unspecified atom stereocenters. The molecule has 2 aliphatic heterocycles. The molecule has 1 aromatic rings. The zero-order valence-corrected chi connectivity index (χ0v) is 15.4. The first-order valence-electron chi connectivity index (χ1n) is 9.18. The summed E-state index contributed by atoms with van der Waals surface area (Å²) in [5.41, 5.74) is 2.48. The lowest BCUT2D eigenvalue weighted by Crippen LogP contribution is -2.38. The van der Waals surface area contributed by atoms with E-state index in [4.69, 9.17) is 4.74 Å². The highest BCUT2D eigenvalue weighted by atomic mass is 16.5. The number of amides is 2. The average molecular weight is 344 g/mol. The molecule has 0 aliphatic carbocycles. The predicted octanol–water partition coefficient (Wildman–Crippen LogP) is 2.26. The number of carbonyl (C=O) groups is 2. The molecule has 136 valence electrons. The highest BCUT2D eigenvalue weighted by molar-refractivity contribution is 5.89. The van der Waals surface area contributed by atoms with E-state index in [0.717, 1.165) is 13.0 Å². The summed E-state index contributed by atoms with van der Waals surface area (Å²) >= 11 is 0. The first kappa shape index (κ1) is 17.9. The lowest BCUT2D eigenvalue weighted by atomic mass is 9.97. The molecule has 1 fully saturated rings. The highest BCUT2D eigenvalue weighted by Crippen LogP contribution is 2.28. The van der Waals surface area contributed by atoms with Gasteiger partial charge in [-0.05, 0) is 23.5 Å². The van der Waals surface area contributed by atoms with Crippen LogP contribution in [-0.2, 0) is 20.7 Å². The fourth-order valence-electron chi connectivity index (χ4n) is 3.83. The molecule has 0 aromatic heterocycles. The number of likely N-dealkylation sites (N-methyl/N-ethyl adjacent to an activating group) is 1. The summed E-state index contributed by atoms with van der Waals surface area (Å²) in [6.07, 6.45) is 1.17. The van der Waals surface area contributed by atoms with E-state index >= 15 is 0 Å². The summed E-state index contributed by atoms with van der Waals surface area (Å²) in [4.78, 5) is 28.5. The second kappa shape index (κ2) is 7.56. The first-order valence-corrected chi connectivity index (χ1v) is 9.18. The zero-order valence-electron chi connectivity index (χ0n) is 15.4. The van der Waals surface area contributed by atoms with E-state index in [1.807, 2.05) is 24.1 Å². The Kier molecular flexibility index (Phi) is 5.42. The van der Waals surface area contributed by atoms with Crippen molar-refractivity contribution in [3.8, 4) is 0 Å². The lowest BCUT2D eigenvalue weighted by molar-refractivity contribution is -0.136. The highest BCUT2D eigenvalue weighted by Gasteiger charge is 2.36. The Labute approximate surface area is 149 Å². The molecule has 2 atom stereocenters. The van der Waals surface area contributed by atoms with E-state index in [0.29, 0.717) is 32.0 Å². The number of likely N-dealkylation sites (tertiary alicyclic amines) is 1. The molecule has 2 aliphatic rings. The minimum atomic E-state index is -0.227. The van der Waals surface area contributed by atoms with E-state index < -0.39 is 0 Å². The van der Waals surface area contributed by atoms with Gasteiger partial charge in [0.1, 0.15) is 6.10 Å². The number of hydrogen-bond acceptors (Lipinski definition) is 3. The van der Waals surface area contributed by atoms with Gasteiger partial charge in [-0.15, -0.1) is 0 Å². The van der Waals surface area contributed by atoms with E-state index in [9.17, 15) is 9.59 Å². The molecule has 0 bridgehead atoms. The summed E-state index contributed by atoms with van der Waals surface area (Å²) < 4.78 is 5.91. The van der Waals surface area contributed by atoms with Crippen LogP contribution in [0.15, 0.2) is 24.3 Å². The van der Waals surface area contributed by atoms with Gasteiger partial charge in [0.05, 0.1) is 19.1 Å². The average Bonchev–Trinajstić information content (AvgIpc) is 2.94. The molecule has 0 saturated carbocycles. The molecular weight excluding hydrogens is 316 g/mol. The SMILES string of the molecule is CC(C)CN1C[C@@H](C(=O)N(C)C[C@@H]2OCCc3ccccc32)CC1=O. The molecule has 5 heteroatoms. The van der Waals surface area contributed by atoms with Crippen molar-refractivity contribution < 1.29 is 14.3 Å². The number of carbonyl (C=O) groups excluding carboxylic acids is 2. The number of hydrogen-bond donors (Lipinski definition) is 0. The van der Waals surface area contributed by atoms with Crippen molar-refractivity contribution >= 4 is 11.8 Å². The van der Waals surface area contributed by atoms with Gasteiger partial charge < -0.3 is 14.5 Å². The van der Waals surface area contributed by atoms with Gasteiger partial charge in [-0.3, -0.25) is 9.59 Å². The Hall–Kier alpha value is -1.88. The Morgan fingerprint density at radius 2 is 2.12 bits per heavy atom. The van der Waals surface area contributed by atoms with Gasteiger partial charge in [-0.2, -0.15) is 0 Å². The fraction of sp³-hybridized carbons (Fsp3) is 0.600. The van der Waals surface area contributed by atoms with E-state index in [-0.39, 0.29) is 23.8 Å². The van der Waals surface area contributed by atoms with Crippen molar-refractivity contribution in [1.29, 1.82) is 0 Å². The van der Waals surface area contributed by atoms with Crippen molar-refractivity contribution in [2.75, 3.05) is 33.3 Å². The van der Waals surface area contributed by atoms with Gasteiger partial charge in [-0.1, -0.05) is 38.1 Å². The van der Waals surface area contributed by atoms with Crippen LogP contribution in [0.3, 0.4) is 0 Å². The Bertz CT molecular complexity index is 644. The lowest BCUT2D eigenvalue weighted by Gasteiger charge is -2.30. The van der Waals surface area contributed by atoms with Crippen LogP contribution < -0.4 is 0 Å². The minimum Gasteiger partial charge on any atom is -0.371 e. The number of fused-ring (bicyclic) bond motifs is 1. The van der Waals surface area contributed by atoms with Crippen molar-refractivity contribution in [1.82, 2.24) is 9.80 Å². The first-order chi connectivity index (χ1) is 12.0. The van der Waals surface area contributed by atoms with Crippen molar-refractivity contribution in [2.45, 2.75) is 32.8 Å².